The highest BCUT2D eigenvalue weighted by atomic mass is 35.5. The number of ketones is 1. The number of anilines is 1. The lowest BCUT2D eigenvalue weighted by Crippen LogP contribution is -2.18. The summed E-state index contributed by atoms with van der Waals surface area (Å²) in [6.45, 7) is 0. The number of H-pyrrole nitrogens is 1. The van der Waals surface area contributed by atoms with Gasteiger partial charge in [-0.1, -0.05) is 65.8 Å². The van der Waals surface area contributed by atoms with E-state index in [9.17, 15) is 14.4 Å². The fourth-order valence-electron chi connectivity index (χ4n) is 3.01. The second kappa shape index (κ2) is 9.16. The monoisotopic (exact) mass is 449 g/mol. The minimum absolute atomic E-state index is 0.00285. The summed E-state index contributed by atoms with van der Waals surface area (Å²) in [6.07, 6.45) is 0. The van der Waals surface area contributed by atoms with Gasteiger partial charge in [0.15, 0.2) is 10.9 Å². The van der Waals surface area contributed by atoms with Crippen LogP contribution in [0.15, 0.2) is 82.7 Å². The smallest absolute Gasteiger partial charge is 0.259 e. The molecule has 0 unspecified atom stereocenters. The number of para-hydroxylation sites is 1. The molecule has 0 aliphatic carbocycles. The molecule has 1 aromatic heterocycles. The maximum absolute atomic E-state index is 12.9. The summed E-state index contributed by atoms with van der Waals surface area (Å²) in [5, 5.41) is 3.98. The lowest BCUT2D eigenvalue weighted by Gasteiger charge is -2.11. The van der Waals surface area contributed by atoms with Crippen molar-refractivity contribution in [2.45, 2.75) is 5.16 Å². The molecule has 4 rings (SSSR count). The van der Waals surface area contributed by atoms with Crippen LogP contribution in [0.25, 0.3) is 10.9 Å². The Morgan fingerprint density at radius 2 is 1.74 bits per heavy atom. The first-order valence-corrected chi connectivity index (χ1v) is 10.7. The minimum Gasteiger partial charge on any atom is -0.325 e. The summed E-state index contributed by atoms with van der Waals surface area (Å²) in [4.78, 5) is 44.6. The normalized spacial score (nSPS) is 10.7. The van der Waals surface area contributed by atoms with E-state index in [4.69, 9.17) is 11.6 Å². The number of rotatable bonds is 6. The second-order valence-electron chi connectivity index (χ2n) is 6.61. The van der Waals surface area contributed by atoms with Crippen LogP contribution in [0.3, 0.4) is 0 Å². The van der Waals surface area contributed by atoms with Crippen LogP contribution in [0.4, 0.5) is 5.69 Å². The Balaban J connectivity index is 1.50. The molecule has 0 aliphatic rings. The van der Waals surface area contributed by atoms with Crippen LogP contribution in [-0.2, 0) is 4.79 Å². The Hall–Kier alpha value is -3.42. The first kappa shape index (κ1) is 20.8. The van der Waals surface area contributed by atoms with E-state index in [0.29, 0.717) is 37.9 Å². The number of hydrogen-bond donors (Lipinski definition) is 2. The lowest BCUT2D eigenvalue weighted by atomic mass is 10.0. The lowest BCUT2D eigenvalue weighted by molar-refractivity contribution is -0.113. The van der Waals surface area contributed by atoms with E-state index in [1.54, 1.807) is 60.7 Å². The largest absolute Gasteiger partial charge is 0.325 e. The number of hydrogen-bond acceptors (Lipinski definition) is 5. The predicted octanol–water partition coefficient (Wildman–Crippen LogP) is 4.54. The van der Waals surface area contributed by atoms with Gasteiger partial charge < -0.3 is 10.3 Å². The SMILES string of the molecule is O=C(CSc1nc2ccccc2c(=O)[nH]1)Nc1ccc(Cl)cc1C(=O)c1ccccc1. The summed E-state index contributed by atoms with van der Waals surface area (Å²) >= 11 is 7.18. The fourth-order valence-corrected chi connectivity index (χ4v) is 3.85. The van der Waals surface area contributed by atoms with Gasteiger partial charge in [-0.05, 0) is 30.3 Å². The zero-order valence-corrected chi connectivity index (χ0v) is 17.7. The molecule has 0 aliphatic heterocycles. The molecule has 154 valence electrons. The van der Waals surface area contributed by atoms with Gasteiger partial charge in [0.25, 0.3) is 5.56 Å². The van der Waals surface area contributed by atoms with E-state index in [1.807, 2.05) is 6.07 Å². The van der Waals surface area contributed by atoms with Crippen molar-refractivity contribution in [3.05, 3.63) is 99.3 Å². The molecule has 8 heteroatoms. The molecular formula is C23H16ClN3O3S. The van der Waals surface area contributed by atoms with Gasteiger partial charge in [-0.2, -0.15) is 0 Å². The number of fused-ring (bicyclic) bond motifs is 1. The molecule has 0 atom stereocenters. The fraction of sp³-hybridized carbons (Fsp3) is 0.0435. The maximum atomic E-state index is 12.9. The van der Waals surface area contributed by atoms with E-state index in [0.717, 1.165) is 11.8 Å². The Labute approximate surface area is 186 Å². The van der Waals surface area contributed by atoms with Gasteiger partial charge in [-0.3, -0.25) is 14.4 Å². The molecular weight excluding hydrogens is 434 g/mol. The van der Waals surface area contributed by atoms with Crippen molar-refractivity contribution in [3.63, 3.8) is 0 Å². The third-order valence-corrected chi connectivity index (χ3v) is 5.58. The standard InChI is InChI=1S/C23H16ClN3O3S/c24-15-10-11-19(17(12-15)21(29)14-6-2-1-3-7-14)25-20(28)13-31-23-26-18-9-5-4-8-16(18)22(30)27-23/h1-12H,13H2,(H,25,28)(H,26,27,30). The van der Waals surface area contributed by atoms with E-state index in [2.05, 4.69) is 15.3 Å². The summed E-state index contributed by atoms with van der Waals surface area (Å²) < 4.78 is 0. The molecule has 31 heavy (non-hydrogen) atoms. The number of carbonyl (C=O) groups excluding carboxylic acids is 2. The van der Waals surface area contributed by atoms with Crippen LogP contribution in [0.2, 0.25) is 5.02 Å². The third kappa shape index (κ3) is 4.84. The second-order valence-corrected chi connectivity index (χ2v) is 8.01. The first-order valence-electron chi connectivity index (χ1n) is 9.32. The Morgan fingerprint density at radius 3 is 2.55 bits per heavy atom. The quantitative estimate of drug-likeness (QED) is 0.256. The topological polar surface area (TPSA) is 91.9 Å². The molecule has 1 amide bonds. The number of amides is 1. The first-order chi connectivity index (χ1) is 15.0. The Kier molecular flexibility index (Phi) is 6.16. The van der Waals surface area contributed by atoms with Gasteiger partial charge in [0.2, 0.25) is 5.91 Å². The molecule has 0 fully saturated rings. The number of carbonyl (C=O) groups is 2. The molecule has 0 saturated heterocycles. The average Bonchev–Trinajstić information content (AvgIpc) is 2.79. The highest BCUT2D eigenvalue weighted by Crippen LogP contribution is 2.24. The van der Waals surface area contributed by atoms with E-state index < -0.39 is 0 Å². The predicted molar refractivity (Wildman–Crippen MR) is 123 cm³/mol. The van der Waals surface area contributed by atoms with Gasteiger partial charge in [0, 0.05) is 16.1 Å². The van der Waals surface area contributed by atoms with Crippen LogP contribution < -0.4 is 10.9 Å². The number of halogens is 1. The number of nitrogens with one attached hydrogen (secondary N) is 2. The van der Waals surface area contributed by atoms with Gasteiger partial charge >= 0.3 is 0 Å². The van der Waals surface area contributed by atoms with Crippen molar-refractivity contribution < 1.29 is 9.59 Å². The zero-order chi connectivity index (χ0) is 21.8. The molecule has 0 spiro atoms. The molecule has 2 N–H and O–H groups in total. The highest BCUT2D eigenvalue weighted by molar-refractivity contribution is 7.99. The van der Waals surface area contributed by atoms with Crippen molar-refractivity contribution in [1.82, 2.24) is 9.97 Å². The van der Waals surface area contributed by atoms with E-state index in [1.165, 1.54) is 6.07 Å². The van der Waals surface area contributed by atoms with Crippen LogP contribution in [-0.4, -0.2) is 27.4 Å². The van der Waals surface area contributed by atoms with Gasteiger partial charge in [0.05, 0.1) is 22.3 Å². The summed E-state index contributed by atoms with van der Waals surface area (Å²) in [6, 6.07) is 20.5. The zero-order valence-electron chi connectivity index (χ0n) is 16.1. The Bertz CT molecular complexity index is 1340. The summed E-state index contributed by atoms with van der Waals surface area (Å²) in [5.74, 6) is -0.583. The summed E-state index contributed by atoms with van der Waals surface area (Å²) in [5.41, 5.74) is 1.45. The molecule has 0 saturated carbocycles. The molecule has 1 heterocycles. The van der Waals surface area contributed by atoms with Crippen molar-refractivity contribution >= 4 is 51.6 Å². The van der Waals surface area contributed by atoms with Crippen LogP contribution in [0.5, 0.6) is 0 Å². The number of nitrogens with zero attached hydrogens (tertiary/aromatic N) is 1. The highest BCUT2D eigenvalue weighted by Gasteiger charge is 2.16. The van der Waals surface area contributed by atoms with E-state index >= 15 is 0 Å². The molecule has 6 nitrogen and oxygen atoms in total. The van der Waals surface area contributed by atoms with E-state index in [-0.39, 0.29) is 23.0 Å². The van der Waals surface area contributed by atoms with Gasteiger partial charge in [-0.25, -0.2) is 4.98 Å². The molecule has 0 radical (unpaired) electrons. The van der Waals surface area contributed by atoms with Gasteiger partial charge in [0.1, 0.15) is 0 Å². The number of aromatic amines is 1. The van der Waals surface area contributed by atoms with Crippen molar-refractivity contribution in [2.24, 2.45) is 0 Å². The van der Waals surface area contributed by atoms with Crippen molar-refractivity contribution in [1.29, 1.82) is 0 Å². The molecule has 0 bridgehead atoms. The third-order valence-electron chi connectivity index (χ3n) is 4.47. The number of benzene rings is 3. The minimum atomic E-state index is -0.342. The van der Waals surface area contributed by atoms with Crippen LogP contribution in [0.1, 0.15) is 15.9 Å². The van der Waals surface area contributed by atoms with Crippen LogP contribution >= 0.6 is 23.4 Å². The van der Waals surface area contributed by atoms with Crippen molar-refractivity contribution in [2.75, 3.05) is 11.1 Å². The van der Waals surface area contributed by atoms with Crippen LogP contribution in [0, 0.1) is 0 Å². The summed E-state index contributed by atoms with van der Waals surface area (Å²) in [7, 11) is 0. The number of thioether (sulfide) groups is 1. The Morgan fingerprint density at radius 1 is 1.00 bits per heavy atom. The molecule has 3 aromatic carbocycles. The maximum Gasteiger partial charge on any atom is 0.259 e. The average molecular weight is 450 g/mol. The van der Waals surface area contributed by atoms with Crippen molar-refractivity contribution in [3.8, 4) is 0 Å². The number of aromatic nitrogens is 2. The van der Waals surface area contributed by atoms with Gasteiger partial charge in [-0.15, -0.1) is 0 Å². The molecule has 4 aromatic rings.